The molecule has 0 fully saturated rings. The molecule has 0 saturated heterocycles. The quantitative estimate of drug-likeness (QED) is 0.551. The normalized spacial score (nSPS) is 13.8. The second-order valence-electron chi connectivity index (χ2n) is 11.4. The van der Waals surface area contributed by atoms with Gasteiger partial charge in [0.05, 0.1) is 0 Å². The van der Waals surface area contributed by atoms with Gasteiger partial charge in [0.15, 0.2) is 0 Å². The number of benzene rings is 1. The Kier molecular flexibility index (Phi) is 10.2. The molecular formula is C27H45N3O4. The number of likely N-dealkylation sites (N-methyl/N-ethyl adjacent to an activating group) is 1. The number of carbonyl (C=O) groups is 3. The van der Waals surface area contributed by atoms with E-state index in [0.717, 1.165) is 16.7 Å². The topological polar surface area (TPSA) is 87.7 Å². The fourth-order valence-corrected chi connectivity index (χ4v) is 3.65. The number of rotatable bonds is 8. The van der Waals surface area contributed by atoms with Crippen LogP contribution >= 0.6 is 0 Å². The van der Waals surface area contributed by atoms with Crippen LogP contribution in [-0.2, 0) is 14.3 Å². The molecule has 0 aliphatic carbocycles. The molecule has 192 valence electrons. The summed E-state index contributed by atoms with van der Waals surface area (Å²) < 4.78 is 5.40. The summed E-state index contributed by atoms with van der Waals surface area (Å²) in [5.41, 5.74) is 1.73. The van der Waals surface area contributed by atoms with E-state index in [1.807, 2.05) is 73.6 Å². The van der Waals surface area contributed by atoms with Crippen LogP contribution < -0.4 is 10.6 Å². The van der Waals surface area contributed by atoms with Crippen molar-refractivity contribution in [2.45, 2.75) is 106 Å². The highest BCUT2D eigenvalue weighted by Gasteiger charge is 2.36. The number of amides is 3. The van der Waals surface area contributed by atoms with Gasteiger partial charge in [-0.1, -0.05) is 32.0 Å². The second kappa shape index (κ2) is 11.7. The first kappa shape index (κ1) is 29.5. The van der Waals surface area contributed by atoms with Crippen LogP contribution in [0.1, 0.15) is 91.5 Å². The molecule has 3 amide bonds. The lowest BCUT2D eigenvalue weighted by molar-refractivity contribution is -0.143. The van der Waals surface area contributed by atoms with Crippen LogP contribution in [0.15, 0.2) is 18.2 Å². The molecule has 1 rings (SSSR count). The highest BCUT2D eigenvalue weighted by Crippen LogP contribution is 2.26. The van der Waals surface area contributed by atoms with E-state index in [0.29, 0.717) is 13.0 Å². The Morgan fingerprint density at radius 2 is 1.59 bits per heavy atom. The molecule has 1 aromatic rings. The summed E-state index contributed by atoms with van der Waals surface area (Å²) in [5, 5.41) is 5.78. The van der Waals surface area contributed by atoms with Gasteiger partial charge in [-0.05, 0) is 91.3 Å². The Bertz CT molecular complexity index is 866. The van der Waals surface area contributed by atoms with Gasteiger partial charge in [-0.15, -0.1) is 0 Å². The molecule has 0 heterocycles. The Morgan fingerprint density at radius 3 is 2.03 bits per heavy atom. The number of carbonyl (C=O) groups excluding carboxylic acids is 3. The van der Waals surface area contributed by atoms with Crippen molar-refractivity contribution in [2.75, 3.05) is 6.54 Å². The number of hydrogen-bond donors (Lipinski definition) is 2. The van der Waals surface area contributed by atoms with Gasteiger partial charge in [0, 0.05) is 12.1 Å². The summed E-state index contributed by atoms with van der Waals surface area (Å²) in [6.45, 7) is 21.2. The average Bonchev–Trinajstić information content (AvgIpc) is 2.64. The van der Waals surface area contributed by atoms with Gasteiger partial charge < -0.3 is 20.3 Å². The van der Waals surface area contributed by atoms with Crippen molar-refractivity contribution in [2.24, 2.45) is 5.92 Å². The summed E-state index contributed by atoms with van der Waals surface area (Å²) in [6.07, 6.45) is -0.223. The maximum atomic E-state index is 13.8. The van der Waals surface area contributed by atoms with Crippen LogP contribution in [0, 0.1) is 19.8 Å². The zero-order valence-corrected chi connectivity index (χ0v) is 23.0. The summed E-state index contributed by atoms with van der Waals surface area (Å²) in [5.74, 6) is -0.424. The summed E-state index contributed by atoms with van der Waals surface area (Å²) >= 11 is 0. The number of aryl methyl sites for hydroxylation is 2. The molecule has 0 saturated carbocycles. The van der Waals surface area contributed by atoms with Crippen molar-refractivity contribution in [3.05, 3.63) is 34.9 Å². The van der Waals surface area contributed by atoms with Crippen LogP contribution in [-0.4, -0.2) is 46.5 Å². The van der Waals surface area contributed by atoms with Gasteiger partial charge >= 0.3 is 6.09 Å². The standard InChI is InChI=1S/C27H45N3O4/c1-12-30(24(32)21(15-17(2)3)28-25(33)34-27(9,10)11)22(23(31)29-26(6,7)8)20-14-13-18(4)19(5)16-20/h13-14,16-17,21-22H,12,15H2,1-11H3,(H,28,33)(H,29,31). The van der Waals surface area contributed by atoms with Gasteiger partial charge in [-0.2, -0.15) is 0 Å². The monoisotopic (exact) mass is 475 g/mol. The summed E-state index contributed by atoms with van der Waals surface area (Å²) in [7, 11) is 0. The van der Waals surface area contributed by atoms with Crippen LogP contribution in [0.3, 0.4) is 0 Å². The van der Waals surface area contributed by atoms with Crippen LogP contribution in [0.2, 0.25) is 0 Å². The molecular weight excluding hydrogens is 430 g/mol. The SMILES string of the molecule is CCN(C(=O)C(CC(C)C)NC(=O)OC(C)(C)C)C(C(=O)NC(C)(C)C)c1ccc(C)c(C)c1. The predicted molar refractivity (Wildman–Crippen MR) is 137 cm³/mol. The van der Waals surface area contributed by atoms with E-state index in [9.17, 15) is 14.4 Å². The lowest BCUT2D eigenvalue weighted by Gasteiger charge is -2.36. The first-order valence-corrected chi connectivity index (χ1v) is 12.1. The third-order valence-corrected chi connectivity index (χ3v) is 5.22. The predicted octanol–water partition coefficient (Wildman–Crippen LogP) is 5.05. The molecule has 7 nitrogen and oxygen atoms in total. The lowest BCUT2D eigenvalue weighted by atomic mass is 9.96. The van der Waals surface area contributed by atoms with Crippen molar-refractivity contribution >= 4 is 17.9 Å². The smallest absolute Gasteiger partial charge is 0.408 e. The minimum atomic E-state index is -0.828. The number of nitrogens with one attached hydrogen (secondary N) is 2. The van der Waals surface area contributed by atoms with Crippen molar-refractivity contribution in [3.8, 4) is 0 Å². The van der Waals surface area contributed by atoms with Gasteiger partial charge in [-0.25, -0.2) is 4.79 Å². The van der Waals surface area contributed by atoms with Gasteiger partial charge in [0.25, 0.3) is 0 Å². The lowest BCUT2D eigenvalue weighted by Crippen LogP contribution is -2.54. The largest absolute Gasteiger partial charge is 0.444 e. The molecule has 2 N–H and O–H groups in total. The molecule has 34 heavy (non-hydrogen) atoms. The third kappa shape index (κ3) is 9.35. The third-order valence-electron chi connectivity index (χ3n) is 5.22. The molecule has 0 aliphatic rings. The Labute approximate surface area is 206 Å². The van der Waals surface area contributed by atoms with Crippen LogP contribution in [0.5, 0.6) is 0 Å². The van der Waals surface area contributed by atoms with Crippen molar-refractivity contribution < 1.29 is 19.1 Å². The van der Waals surface area contributed by atoms with E-state index in [1.165, 1.54) is 0 Å². The molecule has 0 bridgehead atoms. The zero-order valence-electron chi connectivity index (χ0n) is 23.0. The number of ether oxygens (including phenoxy) is 1. The van der Waals surface area contributed by atoms with Crippen molar-refractivity contribution in [1.29, 1.82) is 0 Å². The highest BCUT2D eigenvalue weighted by molar-refractivity contribution is 5.92. The molecule has 0 radical (unpaired) electrons. The number of hydrogen-bond acceptors (Lipinski definition) is 4. The highest BCUT2D eigenvalue weighted by atomic mass is 16.6. The second-order valence-corrected chi connectivity index (χ2v) is 11.4. The number of nitrogens with zero attached hydrogens (tertiary/aromatic N) is 1. The van der Waals surface area contributed by atoms with Gasteiger partial charge in [0.1, 0.15) is 17.7 Å². The molecule has 0 aliphatic heterocycles. The molecule has 2 atom stereocenters. The van der Waals surface area contributed by atoms with E-state index in [1.54, 1.807) is 25.7 Å². The van der Waals surface area contributed by atoms with Crippen LogP contribution in [0.25, 0.3) is 0 Å². The minimum Gasteiger partial charge on any atom is -0.444 e. The van der Waals surface area contributed by atoms with E-state index < -0.39 is 29.3 Å². The Hall–Kier alpha value is -2.57. The maximum absolute atomic E-state index is 13.8. The fraction of sp³-hybridized carbons (Fsp3) is 0.667. The van der Waals surface area contributed by atoms with E-state index in [2.05, 4.69) is 10.6 Å². The molecule has 0 aromatic heterocycles. The Morgan fingerprint density at radius 1 is 1.00 bits per heavy atom. The average molecular weight is 476 g/mol. The van der Waals surface area contributed by atoms with E-state index >= 15 is 0 Å². The first-order valence-electron chi connectivity index (χ1n) is 12.1. The van der Waals surface area contributed by atoms with Gasteiger partial charge in [0.2, 0.25) is 11.8 Å². The van der Waals surface area contributed by atoms with Crippen molar-refractivity contribution in [3.63, 3.8) is 0 Å². The van der Waals surface area contributed by atoms with E-state index in [4.69, 9.17) is 4.74 Å². The first-order chi connectivity index (χ1) is 15.4. The van der Waals surface area contributed by atoms with Crippen molar-refractivity contribution in [1.82, 2.24) is 15.5 Å². The molecule has 7 heteroatoms. The molecule has 1 aromatic carbocycles. The molecule has 2 unspecified atom stereocenters. The van der Waals surface area contributed by atoms with Gasteiger partial charge in [-0.3, -0.25) is 9.59 Å². The maximum Gasteiger partial charge on any atom is 0.408 e. The fourth-order valence-electron chi connectivity index (χ4n) is 3.65. The zero-order chi connectivity index (χ0) is 26.4. The number of alkyl carbamates (subject to hydrolysis) is 1. The van der Waals surface area contributed by atoms with Crippen LogP contribution in [0.4, 0.5) is 4.79 Å². The molecule has 0 spiro atoms. The summed E-state index contributed by atoms with van der Waals surface area (Å²) in [6, 6.07) is 4.17. The van der Waals surface area contributed by atoms with E-state index in [-0.39, 0.29) is 17.7 Å². The summed E-state index contributed by atoms with van der Waals surface area (Å²) in [4.78, 5) is 41.4. The minimum absolute atomic E-state index is 0.145. The Balaban J connectivity index is 3.43.